The fourth-order valence-electron chi connectivity index (χ4n) is 3.30. The fraction of sp³-hybridized carbons (Fsp3) is 0.0417. The van der Waals surface area contributed by atoms with Gasteiger partial charge in [-0.3, -0.25) is 9.52 Å². The molecular formula is C24H18F2N2O3S. The Balaban J connectivity index is 1.43. The Morgan fingerprint density at radius 2 is 1.47 bits per heavy atom. The van der Waals surface area contributed by atoms with E-state index in [1.165, 1.54) is 12.1 Å². The average molecular weight is 452 g/mol. The molecule has 0 aromatic heterocycles. The van der Waals surface area contributed by atoms with Gasteiger partial charge in [-0.15, -0.1) is 0 Å². The lowest BCUT2D eigenvalue weighted by Crippen LogP contribution is -2.15. The lowest BCUT2D eigenvalue weighted by atomic mass is 10.0. The molecule has 0 bridgehead atoms. The van der Waals surface area contributed by atoms with Gasteiger partial charge in [-0.2, -0.15) is 0 Å². The maximum absolute atomic E-state index is 13.4. The summed E-state index contributed by atoms with van der Waals surface area (Å²) in [6.07, 6.45) is 0.186. The van der Waals surface area contributed by atoms with Crippen molar-refractivity contribution in [3.8, 4) is 0 Å². The summed E-state index contributed by atoms with van der Waals surface area (Å²) in [4.78, 5) is 12.1. The molecule has 0 unspecified atom stereocenters. The minimum absolute atomic E-state index is 0.186. The van der Waals surface area contributed by atoms with Crippen LogP contribution in [-0.2, 0) is 21.2 Å². The molecule has 4 aromatic carbocycles. The number of benzene rings is 4. The van der Waals surface area contributed by atoms with Gasteiger partial charge >= 0.3 is 0 Å². The van der Waals surface area contributed by atoms with Crippen LogP contribution >= 0.6 is 0 Å². The molecule has 5 nitrogen and oxygen atoms in total. The molecule has 32 heavy (non-hydrogen) atoms. The Kier molecular flexibility index (Phi) is 5.87. The summed E-state index contributed by atoms with van der Waals surface area (Å²) < 4.78 is 53.4. The molecule has 4 rings (SSSR count). The van der Waals surface area contributed by atoms with Crippen molar-refractivity contribution >= 4 is 38.1 Å². The number of rotatable bonds is 6. The van der Waals surface area contributed by atoms with Crippen molar-refractivity contribution in [2.75, 3.05) is 10.0 Å². The molecule has 0 aliphatic heterocycles. The van der Waals surface area contributed by atoms with Crippen molar-refractivity contribution in [1.82, 2.24) is 0 Å². The zero-order valence-electron chi connectivity index (χ0n) is 16.7. The number of sulfonamides is 1. The van der Waals surface area contributed by atoms with E-state index in [2.05, 4.69) is 10.0 Å². The van der Waals surface area contributed by atoms with Gasteiger partial charge < -0.3 is 5.32 Å². The fourth-order valence-corrected chi connectivity index (χ4v) is 4.37. The third-order valence-electron chi connectivity index (χ3n) is 4.85. The summed E-state index contributed by atoms with van der Waals surface area (Å²) >= 11 is 0. The molecule has 162 valence electrons. The van der Waals surface area contributed by atoms with E-state index in [1.807, 2.05) is 42.5 Å². The van der Waals surface area contributed by atoms with Gasteiger partial charge in [-0.1, -0.05) is 42.5 Å². The molecule has 0 fully saturated rings. The first-order valence-electron chi connectivity index (χ1n) is 9.66. The lowest BCUT2D eigenvalue weighted by Gasteiger charge is -2.10. The first-order valence-corrected chi connectivity index (χ1v) is 11.1. The molecule has 0 radical (unpaired) electrons. The molecule has 0 aliphatic carbocycles. The number of anilines is 2. The van der Waals surface area contributed by atoms with E-state index in [9.17, 15) is 22.0 Å². The third kappa shape index (κ3) is 4.76. The number of hydrogen-bond acceptors (Lipinski definition) is 3. The summed E-state index contributed by atoms with van der Waals surface area (Å²) in [7, 11) is -4.09. The smallest absolute Gasteiger partial charge is 0.261 e. The first-order chi connectivity index (χ1) is 15.3. The largest absolute Gasteiger partial charge is 0.326 e. The SMILES string of the molecule is O=C(Cc1cccc2ccccc12)Nc1ccc(NS(=O)(=O)c2ccc(F)c(F)c2)cc1. The second-order valence-corrected chi connectivity index (χ2v) is 8.80. The quantitative estimate of drug-likeness (QED) is 0.427. The zero-order chi connectivity index (χ0) is 22.7. The van der Waals surface area contributed by atoms with Crippen molar-refractivity contribution < 1.29 is 22.0 Å². The minimum atomic E-state index is -4.09. The molecule has 0 saturated heterocycles. The Morgan fingerprint density at radius 1 is 0.781 bits per heavy atom. The van der Waals surface area contributed by atoms with Crippen LogP contribution in [0.2, 0.25) is 0 Å². The van der Waals surface area contributed by atoms with Crippen molar-refractivity contribution in [2.24, 2.45) is 0 Å². The van der Waals surface area contributed by atoms with Gasteiger partial charge in [0.1, 0.15) is 0 Å². The highest BCUT2D eigenvalue weighted by Gasteiger charge is 2.17. The number of nitrogens with one attached hydrogen (secondary N) is 2. The first kappa shape index (κ1) is 21.5. The maximum atomic E-state index is 13.4. The second kappa shape index (κ2) is 8.76. The van der Waals surface area contributed by atoms with Crippen molar-refractivity contribution in [1.29, 1.82) is 0 Å². The van der Waals surface area contributed by atoms with E-state index < -0.39 is 26.6 Å². The summed E-state index contributed by atoms with van der Waals surface area (Å²) in [5, 5.41) is 4.84. The van der Waals surface area contributed by atoms with Crippen LogP contribution in [0.5, 0.6) is 0 Å². The molecule has 0 aliphatic rings. The van der Waals surface area contributed by atoms with Crippen molar-refractivity contribution in [3.63, 3.8) is 0 Å². The van der Waals surface area contributed by atoms with E-state index in [4.69, 9.17) is 0 Å². The van der Waals surface area contributed by atoms with Crippen LogP contribution in [0.3, 0.4) is 0 Å². The van der Waals surface area contributed by atoms with Crippen LogP contribution in [-0.4, -0.2) is 14.3 Å². The molecule has 2 N–H and O–H groups in total. The molecule has 0 atom stereocenters. The second-order valence-electron chi connectivity index (χ2n) is 7.12. The predicted octanol–water partition coefficient (Wildman–Crippen LogP) is 5.10. The highest BCUT2D eigenvalue weighted by atomic mass is 32.2. The van der Waals surface area contributed by atoms with Crippen LogP contribution in [0.15, 0.2) is 89.8 Å². The Hall–Kier alpha value is -3.78. The summed E-state index contributed by atoms with van der Waals surface area (Å²) in [5.74, 6) is -2.60. The van der Waals surface area contributed by atoms with Crippen molar-refractivity contribution in [2.45, 2.75) is 11.3 Å². The molecular weight excluding hydrogens is 434 g/mol. The summed E-state index contributed by atoms with van der Waals surface area (Å²) in [6.45, 7) is 0. The van der Waals surface area contributed by atoms with Gasteiger partial charge in [-0.25, -0.2) is 17.2 Å². The summed E-state index contributed by atoms with van der Waals surface area (Å²) in [5.41, 5.74) is 1.60. The molecule has 1 amide bonds. The van der Waals surface area contributed by atoms with E-state index in [0.29, 0.717) is 11.8 Å². The van der Waals surface area contributed by atoms with Crippen molar-refractivity contribution in [3.05, 3.63) is 102 Å². The van der Waals surface area contributed by atoms with Crippen LogP contribution < -0.4 is 10.0 Å². The highest BCUT2D eigenvalue weighted by molar-refractivity contribution is 7.92. The van der Waals surface area contributed by atoms with Crippen LogP contribution in [0, 0.1) is 11.6 Å². The van der Waals surface area contributed by atoms with Crippen LogP contribution in [0.4, 0.5) is 20.2 Å². The van der Waals surface area contributed by atoms with Gasteiger partial charge in [0.05, 0.1) is 11.3 Å². The Bertz CT molecular complexity index is 1400. The number of fused-ring (bicyclic) bond motifs is 1. The topological polar surface area (TPSA) is 75.3 Å². The van der Waals surface area contributed by atoms with Gasteiger partial charge in [0, 0.05) is 11.4 Å². The molecule has 0 saturated carbocycles. The van der Waals surface area contributed by atoms with Gasteiger partial charge in [0.2, 0.25) is 5.91 Å². The monoisotopic (exact) mass is 452 g/mol. The zero-order valence-corrected chi connectivity index (χ0v) is 17.5. The van der Waals surface area contributed by atoms with Gasteiger partial charge in [-0.05, 0) is 58.8 Å². The standard InChI is InChI=1S/C24H18F2N2O3S/c25-22-13-12-20(15-23(22)26)32(30,31)28-19-10-8-18(9-11-19)27-24(29)14-17-6-3-5-16-4-1-2-7-21(16)17/h1-13,15,28H,14H2,(H,27,29). The number of hydrogen-bond donors (Lipinski definition) is 2. The van der Waals surface area contributed by atoms with E-state index in [-0.39, 0.29) is 18.0 Å². The molecule has 0 heterocycles. The normalized spacial score (nSPS) is 11.3. The van der Waals surface area contributed by atoms with E-state index in [1.54, 1.807) is 12.1 Å². The number of carbonyl (C=O) groups excluding carboxylic acids is 1. The molecule has 4 aromatic rings. The average Bonchev–Trinajstić information content (AvgIpc) is 2.77. The maximum Gasteiger partial charge on any atom is 0.261 e. The van der Waals surface area contributed by atoms with Gasteiger partial charge in [0.25, 0.3) is 10.0 Å². The number of halogens is 2. The van der Waals surface area contributed by atoms with E-state index in [0.717, 1.165) is 28.5 Å². The number of carbonyl (C=O) groups is 1. The predicted molar refractivity (Wildman–Crippen MR) is 120 cm³/mol. The van der Waals surface area contributed by atoms with Gasteiger partial charge in [0.15, 0.2) is 11.6 Å². The molecule has 8 heteroatoms. The van der Waals surface area contributed by atoms with Crippen LogP contribution in [0.25, 0.3) is 10.8 Å². The highest BCUT2D eigenvalue weighted by Crippen LogP contribution is 2.22. The third-order valence-corrected chi connectivity index (χ3v) is 6.23. The number of amides is 1. The minimum Gasteiger partial charge on any atom is -0.326 e. The lowest BCUT2D eigenvalue weighted by molar-refractivity contribution is -0.115. The molecule has 0 spiro atoms. The summed E-state index contributed by atoms with van der Waals surface area (Å²) in [6, 6.07) is 21.9. The Labute approximate surface area is 183 Å². The van der Waals surface area contributed by atoms with Crippen LogP contribution in [0.1, 0.15) is 5.56 Å². The van der Waals surface area contributed by atoms with E-state index >= 15 is 0 Å². The Morgan fingerprint density at radius 3 is 2.22 bits per heavy atom.